The Morgan fingerprint density at radius 3 is 2.59 bits per heavy atom. The largest absolute Gasteiger partial charge is 0.378 e. The summed E-state index contributed by atoms with van der Waals surface area (Å²) in [5.41, 5.74) is 7.30. The fourth-order valence-corrected chi connectivity index (χ4v) is 3.24. The minimum Gasteiger partial charge on any atom is -0.378 e. The number of nitrogens with zero attached hydrogens (tertiary/aromatic N) is 1. The topological polar surface area (TPSA) is 67.6 Å². The number of nitrogens with one attached hydrogen (secondary N) is 1. The summed E-state index contributed by atoms with van der Waals surface area (Å²) in [4.78, 5) is 14.4. The summed E-state index contributed by atoms with van der Waals surface area (Å²) in [6.07, 6.45) is 4.26. The van der Waals surface area contributed by atoms with Gasteiger partial charge in [0, 0.05) is 32.8 Å². The van der Waals surface area contributed by atoms with Gasteiger partial charge in [0.15, 0.2) is 0 Å². The van der Waals surface area contributed by atoms with E-state index < -0.39 is 6.04 Å². The molecule has 6 heteroatoms. The second-order valence-electron chi connectivity index (χ2n) is 7.39. The number of benzene rings is 1. The highest BCUT2D eigenvalue weighted by atomic mass is 35.5. The highest BCUT2D eigenvalue weighted by molar-refractivity contribution is 5.85. The van der Waals surface area contributed by atoms with Gasteiger partial charge in [-0.15, -0.1) is 12.4 Å². The predicted octanol–water partition coefficient (Wildman–Crippen LogP) is 2.97. The van der Waals surface area contributed by atoms with Crippen LogP contribution in [0.1, 0.15) is 45.1 Å². The number of likely N-dealkylation sites (tertiary alicyclic amines) is 1. The molecule has 1 aliphatic rings. The molecule has 3 N–H and O–H groups in total. The molecule has 1 fully saturated rings. The lowest BCUT2D eigenvalue weighted by Gasteiger charge is -2.32. The molecule has 0 aromatic heterocycles. The number of piperidine rings is 1. The monoisotopic (exact) mass is 397 g/mol. The van der Waals surface area contributed by atoms with Crippen LogP contribution >= 0.6 is 12.4 Å². The molecule has 0 bridgehead atoms. The van der Waals surface area contributed by atoms with Crippen molar-refractivity contribution < 1.29 is 9.53 Å². The lowest BCUT2D eigenvalue weighted by atomic mass is 9.99. The molecular formula is C21H36ClN3O2. The van der Waals surface area contributed by atoms with Crippen LogP contribution < -0.4 is 11.1 Å². The third-order valence-corrected chi connectivity index (χ3v) is 5.32. The molecule has 2 rings (SSSR count). The van der Waals surface area contributed by atoms with Crippen LogP contribution in [0.3, 0.4) is 0 Å². The van der Waals surface area contributed by atoms with Gasteiger partial charge in [-0.25, -0.2) is 0 Å². The second kappa shape index (κ2) is 13.1. The van der Waals surface area contributed by atoms with E-state index in [0.717, 1.165) is 45.3 Å². The predicted molar refractivity (Wildman–Crippen MR) is 113 cm³/mol. The number of amides is 1. The van der Waals surface area contributed by atoms with Crippen LogP contribution in [0.4, 0.5) is 0 Å². The Kier molecular flexibility index (Phi) is 11.6. The van der Waals surface area contributed by atoms with Crippen molar-refractivity contribution in [3.63, 3.8) is 0 Å². The van der Waals surface area contributed by atoms with Crippen molar-refractivity contribution in [2.24, 2.45) is 11.7 Å². The molecule has 1 aromatic carbocycles. The molecule has 1 saturated heterocycles. The first-order valence-corrected chi connectivity index (χ1v) is 10.0. The number of halogens is 1. The lowest BCUT2D eigenvalue weighted by Crippen LogP contribution is -2.45. The molecule has 154 valence electrons. The van der Waals surface area contributed by atoms with Crippen molar-refractivity contribution in [1.82, 2.24) is 10.2 Å². The van der Waals surface area contributed by atoms with Gasteiger partial charge in [0.25, 0.3) is 0 Å². The summed E-state index contributed by atoms with van der Waals surface area (Å²) in [6.45, 7) is 8.59. The maximum Gasteiger partial charge on any atom is 0.237 e. The molecule has 0 radical (unpaired) electrons. The summed E-state index contributed by atoms with van der Waals surface area (Å²) in [7, 11) is 0. The second-order valence-corrected chi connectivity index (χ2v) is 7.39. The van der Waals surface area contributed by atoms with E-state index in [0.29, 0.717) is 19.3 Å². The number of rotatable bonds is 10. The molecule has 27 heavy (non-hydrogen) atoms. The molecular weight excluding hydrogens is 362 g/mol. The first-order chi connectivity index (χ1) is 12.6. The van der Waals surface area contributed by atoms with Crippen molar-refractivity contribution in [3.8, 4) is 0 Å². The van der Waals surface area contributed by atoms with Gasteiger partial charge in [0.1, 0.15) is 0 Å². The normalized spacial score (nSPS) is 17.7. The highest BCUT2D eigenvalue weighted by Gasteiger charge is 2.20. The number of hydrogen-bond acceptors (Lipinski definition) is 4. The molecule has 5 nitrogen and oxygen atoms in total. The van der Waals surface area contributed by atoms with E-state index in [4.69, 9.17) is 10.5 Å². The summed E-state index contributed by atoms with van der Waals surface area (Å²) < 4.78 is 5.98. The Hall–Kier alpha value is -1.14. The third-order valence-electron chi connectivity index (χ3n) is 5.32. The Bertz CT molecular complexity index is 521. The summed E-state index contributed by atoms with van der Waals surface area (Å²) in [5, 5.41) is 2.92. The van der Waals surface area contributed by atoms with Gasteiger partial charge in [-0.1, -0.05) is 50.6 Å². The summed E-state index contributed by atoms with van der Waals surface area (Å²) in [5.74, 6) is 0.167. The molecule has 0 saturated carbocycles. The van der Waals surface area contributed by atoms with E-state index in [-0.39, 0.29) is 24.2 Å². The fraction of sp³-hybridized carbons (Fsp3) is 0.667. The molecule has 2 unspecified atom stereocenters. The summed E-state index contributed by atoms with van der Waals surface area (Å²) >= 11 is 0. The van der Waals surface area contributed by atoms with E-state index in [9.17, 15) is 4.79 Å². The number of nitrogens with two attached hydrogens (primary N) is 1. The summed E-state index contributed by atoms with van der Waals surface area (Å²) in [6, 6.07) is 10.2. The van der Waals surface area contributed by atoms with E-state index in [1.165, 1.54) is 5.56 Å². The lowest BCUT2D eigenvalue weighted by molar-refractivity contribution is -0.123. The Morgan fingerprint density at radius 1 is 1.30 bits per heavy atom. The Labute approximate surface area is 170 Å². The van der Waals surface area contributed by atoms with E-state index in [2.05, 4.69) is 47.5 Å². The van der Waals surface area contributed by atoms with Crippen molar-refractivity contribution in [1.29, 1.82) is 0 Å². The molecule has 1 aliphatic heterocycles. The van der Waals surface area contributed by atoms with E-state index in [1.54, 1.807) is 0 Å². The van der Waals surface area contributed by atoms with Crippen molar-refractivity contribution in [2.45, 2.75) is 58.2 Å². The fourth-order valence-electron chi connectivity index (χ4n) is 3.24. The molecule has 1 amide bonds. The van der Waals surface area contributed by atoms with Gasteiger partial charge in [0.05, 0.1) is 12.1 Å². The Morgan fingerprint density at radius 2 is 1.96 bits per heavy atom. The zero-order valence-corrected chi connectivity index (χ0v) is 17.5. The smallest absolute Gasteiger partial charge is 0.237 e. The maximum absolute atomic E-state index is 11.9. The average molecular weight is 398 g/mol. The third kappa shape index (κ3) is 8.60. The molecule has 1 heterocycles. The average Bonchev–Trinajstić information content (AvgIpc) is 2.68. The number of hydrogen-bond donors (Lipinski definition) is 2. The van der Waals surface area contributed by atoms with Gasteiger partial charge in [-0.3, -0.25) is 9.69 Å². The number of ether oxygens (including phenoxy) is 1. The first-order valence-electron chi connectivity index (χ1n) is 10.0. The van der Waals surface area contributed by atoms with Gasteiger partial charge in [-0.05, 0) is 30.7 Å². The van der Waals surface area contributed by atoms with Crippen LogP contribution in [-0.4, -0.2) is 49.2 Å². The van der Waals surface area contributed by atoms with E-state index >= 15 is 0 Å². The van der Waals surface area contributed by atoms with Crippen molar-refractivity contribution in [2.75, 3.05) is 26.2 Å². The van der Waals surface area contributed by atoms with Crippen LogP contribution in [0.2, 0.25) is 0 Å². The van der Waals surface area contributed by atoms with Gasteiger partial charge in [-0.2, -0.15) is 0 Å². The maximum atomic E-state index is 11.9. The number of carbonyl (C=O) groups is 1. The van der Waals surface area contributed by atoms with Gasteiger partial charge >= 0.3 is 0 Å². The minimum absolute atomic E-state index is 0. The van der Waals surface area contributed by atoms with Gasteiger partial charge < -0.3 is 15.8 Å². The zero-order valence-electron chi connectivity index (χ0n) is 16.7. The highest BCUT2D eigenvalue weighted by Crippen LogP contribution is 2.16. The van der Waals surface area contributed by atoms with Crippen LogP contribution in [0.25, 0.3) is 0 Å². The molecule has 0 spiro atoms. The Balaban J connectivity index is 0.00000364. The molecule has 1 aromatic rings. The van der Waals surface area contributed by atoms with Crippen molar-refractivity contribution in [3.05, 3.63) is 35.9 Å². The SMILES string of the molecule is CCC(C)C(N)C(=O)NCCCOC1CCN(Cc2ccccc2)CC1.Cl. The minimum atomic E-state index is -0.408. The van der Waals surface area contributed by atoms with Crippen molar-refractivity contribution >= 4 is 18.3 Å². The zero-order chi connectivity index (χ0) is 18.8. The number of carbonyl (C=O) groups excluding carboxylic acids is 1. The van der Waals surface area contributed by atoms with Crippen LogP contribution in [0, 0.1) is 5.92 Å². The molecule has 0 aliphatic carbocycles. The standard InChI is InChI=1S/C21H35N3O2.ClH/c1-3-17(2)20(22)21(25)23-12-7-15-26-19-10-13-24(14-11-19)16-18-8-5-4-6-9-18;/h4-6,8-9,17,19-20H,3,7,10-16,22H2,1-2H3,(H,23,25);1H. The van der Waals surface area contributed by atoms with Crippen LogP contribution in [0.15, 0.2) is 30.3 Å². The van der Waals surface area contributed by atoms with Crippen LogP contribution in [0.5, 0.6) is 0 Å². The van der Waals surface area contributed by atoms with Crippen LogP contribution in [-0.2, 0) is 16.1 Å². The van der Waals surface area contributed by atoms with Gasteiger partial charge in [0.2, 0.25) is 5.91 Å². The molecule has 2 atom stereocenters. The van der Waals surface area contributed by atoms with E-state index in [1.807, 2.05) is 6.92 Å². The first kappa shape index (κ1) is 23.9. The quantitative estimate of drug-likeness (QED) is 0.595.